The maximum atomic E-state index is 13.0. The monoisotopic (exact) mass is 388 g/mol. The van der Waals surface area contributed by atoms with Gasteiger partial charge in [0.15, 0.2) is 15.0 Å². The number of sulfone groups is 1. The van der Waals surface area contributed by atoms with E-state index >= 15 is 0 Å². The molecule has 0 spiro atoms. The highest BCUT2D eigenvalue weighted by atomic mass is 32.2. The molecule has 7 heteroatoms. The van der Waals surface area contributed by atoms with E-state index in [0.717, 1.165) is 29.3 Å². The minimum absolute atomic E-state index is 0.169. The van der Waals surface area contributed by atoms with Gasteiger partial charge in [0.05, 0.1) is 15.1 Å². The number of carbonyl (C=O) groups is 1. The van der Waals surface area contributed by atoms with Crippen molar-refractivity contribution in [3.63, 3.8) is 0 Å². The molecule has 3 rings (SSSR count). The number of hydrogen-bond donors (Lipinski definition) is 0. The van der Waals surface area contributed by atoms with Crippen molar-refractivity contribution >= 4 is 42.4 Å². The molecular weight excluding hydrogens is 368 g/mol. The van der Waals surface area contributed by atoms with E-state index in [1.54, 1.807) is 17.0 Å². The standard InChI is InChI=1S/C19H20N2O3S2/c1-3-4-13-21(19-20-16-7-5-6-8-17(16)25-19)18(22)14-9-11-15(12-10-14)26(2,23)24/h5-12H,3-4,13H2,1-2H3. The lowest BCUT2D eigenvalue weighted by atomic mass is 10.2. The molecule has 26 heavy (non-hydrogen) atoms. The molecule has 0 fully saturated rings. The first kappa shape index (κ1) is 18.5. The Hall–Kier alpha value is -2.25. The van der Waals surface area contributed by atoms with Crippen LogP contribution in [0.4, 0.5) is 5.13 Å². The van der Waals surface area contributed by atoms with E-state index in [0.29, 0.717) is 17.2 Å². The number of rotatable bonds is 6. The molecule has 0 atom stereocenters. The Morgan fingerprint density at radius 3 is 2.42 bits per heavy atom. The van der Waals surface area contributed by atoms with Gasteiger partial charge in [-0.05, 0) is 42.8 Å². The van der Waals surface area contributed by atoms with Crippen molar-refractivity contribution in [3.8, 4) is 0 Å². The van der Waals surface area contributed by atoms with Gasteiger partial charge in [0.25, 0.3) is 5.91 Å². The van der Waals surface area contributed by atoms with E-state index in [-0.39, 0.29) is 10.8 Å². The van der Waals surface area contributed by atoms with Crippen molar-refractivity contribution in [2.75, 3.05) is 17.7 Å². The second-order valence-electron chi connectivity index (χ2n) is 6.07. The van der Waals surface area contributed by atoms with Crippen LogP contribution >= 0.6 is 11.3 Å². The fourth-order valence-corrected chi connectivity index (χ4v) is 4.20. The maximum absolute atomic E-state index is 13.0. The predicted molar refractivity (Wildman–Crippen MR) is 106 cm³/mol. The van der Waals surface area contributed by atoms with Crippen LogP contribution in [0, 0.1) is 0 Å². The van der Waals surface area contributed by atoms with Crippen LogP contribution in [0.5, 0.6) is 0 Å². The zero-order chi connectivity index (χ0) is 18.7. The Bertz CT molecular complexity index is 991. The molecule has 0 aliphatic carbocycles. The van der Waals surface area contributed by atoms with Gasteiger partial charge < -0.3 is 0 Å². The summed E-state index contributed by atoms with van der Waals surface area (Å²) in [5, 5.41) is 0.664. The summed E-state index contributed by atoms with van der Waals surface area (Å²) in [6, 6.07) is 13.9. The Kier molecular flexibility index (Phi) is 5.38. The highest BCUT2D eigenvalue weighted by molar-refractivity contribution is 7.90. The molecule has 136 valence electrons. The van der Waals surface area contributed by atoms with Crippen molar-refractivity contribution in [1.29, 1.82) is 0 Å². The van der Waals surface area contributed by atoms with Gasteiger partial charge in [-0.3, -0.25) is 9.69 Å². The van der Waals surface area contributed by atoms with Gasteiger partial charge in [-0.1, -0.05) is 36.8 Å². The van der Waals surface area contributed by atoms with Crippen molar-refractivity contribution in [2.24, 2.45) is 0 Å². The highest BCUT2D eigenvalue weighted by Gasteiger charge is 2.21. The van der Waals surface area contributed by atoms with E-state index < -0.39 is 9.84 Å². The number of nitrogens with zero attached hydrogens (tertiary/aromatic N) is 2. The Morgan fingerprint density at radius 2 is 1.81 bits per heavy atom. The smallest absolute Gasteiger partial charge is 0.260 e. The van der Waals surface area contributed by atoms with Crippen LogP contribution in [-0.4, -0.2) is 32.1 Å². The van der Waals surface area contributed by atoms with Crippen molar-refractivity contribution in [3.05, 3.63) is 54.1 Å². The average molecular weight is 389 g/mol. The average Bonchev–Trinajstić information content (AvgIpc) is 3.05. The van der Waals surface area contributed by atoms with Crippen molar-refractivity contribution < 1.29 is 13.2 Å². The molecule has 0 saturated heterocycles. The quantitative estimate of drug-likeness (QED) is 0.636. The SMILES string of the molecule is CCCCN(C(=O)c1ccc(S(C)(=O)=O)cc1)c1nc2ccccc2s1. The molecule has 0 N–H and O–H groups in total. The number of amides is 1. The molecular formula is C19H20N2O3S2. The summed E-state index contributed by atoms with van der Waals surface area (Å²) in [5.74, 6) is -0.169. The zero-order valence-electron chi connectivity index (χ0n) is 14.7. The third kappa shape index (κ3) is 3.94. The fourth-order valence-electron chi connectivity index (χ4n) is 2.58. The van der Waals surface area contributed by atoms with Crippen LogP contribution in [0.25, 0.3) is 10.2 Å². The highest BCUT2D eigenvalue weighted by Crippen LogP contribution is 2.30. The number of aromatic nitrogens is 1. The Morgan fingerprint density at radius 1 is 1.12 bits per heavy atom. The molecule has 0 saturated carbocycles. The van der Waals surface area contributed by atoms with Gasteiger partial charge in [-0.15, -0.1) is 0 Å². The molecule has 3 aromatic rings. The number of anilines is 1. The van der Waals surface area contributed by atoms with Gasteiger partial charge in [-0.2, -0.15) is 0 Å². The second kappa shape index (κ2) is 7.55. The molecule has 1 aromatic heterocycles. The maximum Gasteiger partial charge on any atom is 0.260 e. The van der Waals surface area contributed by atoms with Crippen LogP contribution in [0.15, 0.2) is 53.4 Å². The second-order valence-corrected chi connectivity index (χ2v) is 9.10. The fraction of sp³-hybridized carbons (Fsp3) is 0.263. The van der Waals surface area contributed by atoms with E-state index in [1.165, 1.54) is 23.5 Å². The first-order valence-electron chi connectivity index (χ1n) is 8.37. The van der Waals surface area contributed by atoms with Crippen LogP contribution in [0.3, 0.4) is 0 Å². The van der Waals surface area contributed by atoms with Crippen LogP contribution in [0.1, 0.15) is 30.1 Å². The molecule has 2 aromatic carbocycles. The molecule has 0 aliphatic rings. The summed E-state index contributed by atoms with van der Waals surface area (Å²) < 4.78 is 24.2. The lowest BCUT2D eigenvalue weighted by Gasteiger charge is -2.19. The summed E-state index contributed by atoms with van der Waals surface area (Å²) in [6.45, 7) is 2.64. The van der Waals surface area contributed by atoms with E-state index in [4.69, 9.17) is 0 Å². The van der Waals surface area contributed by atoms with Crippen LogP contribution in [0.2, 0.25) is 0 Å². The summed E-state index contributed by atoms with van der Waals surface area (Å²) in [4.78, 5) is 19.5. The zero-order valence-corrected chi connectivity index (χ0v) is 16.3. The number of fused-ring (bicyclic) bond motifs is 1. The number of thiazole rings is 1. The summed E-state index contributed by atoms with van der Waals surface area (Å²) in [7, 11) is -3.28. The van der Waals surface area contributed by atoms with E-state index in [1.807, 2.05) is 24.3 Å². The van der Waals surface area contributed by atoms with Crippen LogP contribution < -0.4 is 4.90 Å². The molecule has 1 heterocycles. The molecule has 1 amide bonds. The summed E-state index contributed by atoms with van der Waals surface area (Å²) in [5.41, 5.74) is 1.32. The van der Waals surface area contributed by atoms with E-state index in [9.17, 15) is 13.2 Å². The molecule has 0 radical (unpaired) electrons. The number of para-hydroxylation sites is 1. The minimum atomic E-state index is -3.28. The summed E-state index contributed by atoms with van der Waals surface area (Å²) >= 11 is 1.48. The van der Waals surface area contributed by atoms with Gasteiger partial charge in [-0.25, -0.2) is 13.4 Å². The van der Waals surface area contributed by atoms with Crippen LogP contribution in [-0.2, 0) is 9.84 Å². The van der Waals surface area contributed by atoms with Crippen molar-refractivity contribution in [2.45, 2.75) is 24.7 Å². The summed E-state index contributed by atoms with van der Waals surface area (Å²) in [6.07, 6.45) is 2.98. The molecule has 0 bridgehead atoms. The topological polar surface area (TPSA) is 67.3 Å². The number of hydrogen-bond acceptors (Lipinski definition) is 5. The Labute approximate surface area is 157 Å². The third-order valence-electron chi connectivity index (χ3n) is 4.02. The van der Waals surface area contributed by atoms with Gasteiger partial charge in [0, 0.05) is 18.4 Å². The van der Waals surface area contributed by atoms with Gasteiger partial charge in [0.1, 0.15) is 0 Å². The first-order valence-corrected chi connectivity index (χ1v) is 11.1. The van der Waals surface area contributed by atoms with Crippen molar-refractivity contribution in [1.82, 2.24) is 4.98 Å². The van der Waals surface area contributed by atoms with Gasteiger partial charge >= 0.3 is 0 Å². The number of unbranched alkanes of at least 4 members (excludes halogenated alkanes) is 1. The molecule has 5 nitrogen and oxygen atoms in total. The number of benzene rings is 2. The lowest BCUT2D eigenvalue weighted by Crippen LogP contribution is -2.31. The third-order valence-corrected chi connectivity index (χ3v) is 6.21. The van der Waals surface area contributed by atoms with E-state index in [2.05, 4.69) is 11.9 Å². The number of carbonyl (C=O) groups excluding carboxylic acids is 1. The Balaban J connectivity index is 1.95. The lowest BCUT2D eigenvalue weighted by molar-refractivity contribution is 0.0986. The molecule has 0 aliphatic heterocycles. The largest absolute Gasteiger partial charge is 0.284 e. The minimum Gasteiger partial charge on any atom is -0.284 e. The normalized spacial score (nSPS) is 11.6. The van der Waals surface area contributed by atoms with Gasteiger partial charge in [0.2, 0.25) is 0 Å². The predicted octanol–water partition coefficient (Wildman–Crippen LogP) is 4.15. The molecule has 0 unspecified atom stereocenters. The first-order chi connectivity index (χ1) is 12.4.